The second kappa shape index (κ2) is 10.00. The first-order valence-corrected chi connectivity index (χ1v) is 10.9. The van der Waals surface area contributed by atoms with E-state index in [1.165, 1.54) is 48.2 Å². The number of rotatable bonds is 9. The SMILES string of the molecule is COc1cc(N(C)CCN(C)C)c([N+](=O)[O-])cc1Nc1nccc(-n2c(=O)[nH]c3cc(F)ccc32)n1. The lowest BCUT2D eigenvalue weighted by Crippen LogP contribution is -2.29. The largest absolute Gasteiger partial charge is 0.494 e. The number of nitro benzene ring substituents is 1. The lowest BCUT2D eigenvalue weighted by molar-refractivity contribution is -0.384. The van der Waals surface area contributed by atoms with E-state index in [-0.39, 0.29) is 23.1 Å². The normalized spacial score (nSPS) is 11.2. The molecular formula is C23H25FN8O4. The van der Waals surface area contributed by atoms with Gasteiger partial charge in [0.05, 0.1) is 28.8 Å². The predicted molar refractivity (Wildman–Crippen MR) is 134 cm³/mol. The summed E-state index contributed by atoms with van der Waals surface area (Å²) in [6.45, 7) is 1.27. The number of methoxy groups -OCH3 is 1. The number of aromatic nitrogens is 4. The summed E-state index contributed by atoms with van der Waals surface area (Å²) < 4.78 is 20.3. The summed E-state index contributed by atoms with van der Waals surface area (Å²) >= 11 is 0. The highest BCUT2D eigenvalue weighted by atomic mass is 19.1. The minimum absolute atomic E-state index is 0.0807. The Morgan fingerprint density at radius 3 is 2.67 bits per heavy atom. The number of hydrogen-bond acceptors (Lipinski definition) is 9. The number of aromatic amines is 1. The molecule has 2 aromatic carbocycles. The van der Waals surface area contributed by atoms with Crippen molar-refractivity contribution in [3.05, 3.63) is 69.0 Å². The van der Waals surface area contributed by atoms with Crippen molar-refractivity contribution in [2.24, 2.45) is 0 Å². The zero-order valence-electron chi connectivity index (χ0n) is 20.1. The van der Waals surface area contributed by atoms with Crippen LogP contribution in [0.3, 0.4) is 0 Å². The summed E-state index contributed by atoms with van der Waals surface area (Å²) in [6.07, 6.45) is 1.43. The van der Waals surface area contributed by atoms with Crippen molar-refractivity contribution in [1.29, 1.82) is 0 Å². The topological polar surface area (TPSA) is 134 Å². The molecule has 0 unspecified atom stereocenters. The number of hydrogen-bond donors (Lipinski definition) is 2. The molecule has 4 rings (SSSR count). The molecule has 0 amide bonds. The number of imidazole rings is 1. The van der Waals surface area contributed by atoms with Crippen LogP contribution in [0.2, 0.25) is 0 Å². The number of ether oxygens (including phenoxy) is 1. The molecule has 0 radical (unpaired) electrons. The van der Waals surface area contributed by atoms with Crippen molar-refractivity contribution in [2.75, 3.05) is 51.6 Å². The predicted octanol–water partition coefficient (Wildman–Crippen LogP) is 2.91. The van der Waals surface area contributed by atoms with Gasteiger partial charge in [0.2, 0.25) is 5.95 Å². The molecule has 4 aromatic rings. The smallest absolute Gasteiger partial charge is 0.332 e. The lowest BCUT2D eigenvalue weighted by Gasteiger charge is -2.22. The van der Waals surface area contributed by atoms with Gasteiger partial charge in [0.15, 0.2) is 0 Å². The van der Waals surface area contributed by atoms with E-state index in [1.54, 1.807) is 18.0 Å². The fourth-order valence-corrected chi connectivity index (χ4v) is 3.71. The van der Waals surface area contributed by atoms with Crippen LogP contribution in [-0.2, 0) is 0 Å². The molecule has 0 fully saturated rings. The van der Waals surface area contributed by atoms with Gasteiger partial charge >= 0.3 is 5.69 Å². The standard InChI is InChI=1S/C23H25FN8O4/c1-29(2)9-10-30(3)18-13-20(36-4)16(12-19(18)32(34)35)26-22-25-8-7-21(28-22)31-17-6-5-14(24)11-15(17)27-23(31)33/h5-8,11-13H,9-10H2,1-4H3,(H,27,33)(H,25,26,28). The quantitative estimate of drug-likeness (QED) is 0.265. The van der Waals surface area contributed by atoms with Gasteiger partial charge in [-0.2, -0.15) is 4.98 Å². The van der Waals surface area contributed by atoms with Gasteiger partial charge in [-0.05, 0) is 32.3 Å². The summed E-state index contributed by atoms with van der Waals surface area (Å²) in [5.74, 6) is 0.174. The highest BCUT2D eigenvalue weighted by molar-refractivity contribution is 5.78. The van der Waals surface area contributed by atoms with Crippen molar-refractivity contribution in [3.8, 4) is 11.6 Å². The fraction of sp³-hybridized carbons (Fsp3) is 0.261. The first-order chi connectivity index (χ1) is 17.2. The number of fused-ring (bicyclic) bond motifs is 1. The van der Waals surface area contributed by atoms with E-state index in [4.69, 9.17) is 4.74 Å². The Labute approximate surface area is 205 Å². The minimum Gasteiger partial charge on any atom is -0.494 e. The number of nitrogens with one attached hydrogen (secondary N) is 2. The Morgan fingerprint density at radius 2 is 1.97 bits per heavy atom. The highest BCUT2D eigenvalue weighted by Gasteiger charge is 2.22. The molecule has 188 valence electrons. The number of likely N-dealkylation sites (N-methyl/N-ethyl adjacent to an activating group) is 2. The molecule has 0 bridgehead atoms. The van der Waals surface area contributed by atoms with E-state index >= 15 is 0 Å². The third kappa shape index (κ3) is 4.95. The fourth-order valence-electron chi connectivity index (χ4n) is 3.71. The van der Waals surface area contributed by atoms with Crippen LogP contribution < -0.4 is 20.6 Å². The van der Waals surface area contributed by atoms with Crippen molar-refractivity contribution >= 4 is 34.0 Å². The molecule has 0 saturated heterocycles. The van der Waals surface area contributed by atoms with E-state index in [9.17, 15) is 19.3 Å². The van der Waals surface area contributed by atoms with Gasteiger partial charge in [-0.25, -0.2) is 18.7 Å². The molecule has 0 aliphatic carbocycles. The summed E-state index contributed by atoms with van der Waals surface area (Å²) in [5.41, 5.74) is 0.809. The average Bonchev–Trinajstić information content (AvgIpc) is 3.16. The van der Waals surface area contributed by atoms with Gasteiger partial charge in [0, 0.05) is 44.5 Å². The summed E-state index contributed by atoms with van der Waals surface area (Å²) in [5, 5.41) is 14.8. The number of benzene rings is 2. The number of nitro groups is 1. The molecule has 0 atom stereocenters. The minimum atomic E-state index is -0.501. The molecule has 2 heterocycles. The third-order valence-electron chi connectivity index (χ3n) is 5.55. The van der Waals surface area contributed by atoms with E-state index in [1.807, 2.05) is 19.0 Å². The molecule has 0 saturated carbocycles. The number of H-pyrrole nitrogens is 1. The van der Waals surface area contributed by atoms with Crippen molar-refractivity contribution in [3.63, 3.8) is 0 Å². The molecule has 12 nitrogen and oxygen atoms in total. The van der Waals surface area contributed by atoms with E-state index in [0.29, 0.717) is 35.6 Å². The Balaban J connectivity index is 1.71. The maximum atomic E-state index is 13.6. The second-order valence-corrected chi connectivity index (χ2v) is 8.31. The molecule has 2 aromatic heterocycles. The van der Waals surface area contributed by atoms with Crippen LogP contribution >= 0.6 is 0 Å². The van der Waals surface area contributed by atoms with Crippen LogP contribution in [0.25, 0.3) is 16.9 Å². The van der Waals surface area contributed by atoms with E-state index < -0.39 is 16.4 Å². The van der Waals surface area contributed by atoms with Crippen molar-refractivity contribution in [1.82, 2.24) is 24.4 Å². The first-order valence-electron chi connectivity index (χ1n) is 10.9. The second-order valence-electron chi connectivity index (χ2n) is 8.31. The molecule has 2 N–H and O–H groups in total. The summed E-state index contributed by atoms with van der Waals surface area (Å²) in [7, 11) is 7.08. The van der Waals surface area contributed by atoms with E-state index in [0.717, 1.165) is 0 Å². The number of nitrogens with zero attached hydrogens (tertiary/aromatic N) is 6. The molecular weight excluding hydrogens is 471 g/mol. The van der Waals surface area contributed by atoms with Crippen molar-refractivity contribution < 1.29 is 14.1 Å². The van der Waals surface area contributed by atoms with Crippen LogP contribution in [0.15, 0.2) is 47.4 Å². The van der Waals surface area contributed by atoms with Crippen LogP contribution in [0.4, 0.5) is 27.4 Å². The maximum absolute atomic E-state index is 13.6. The zero-order chi connectivity index (χ0) is 26.0. The van der Waals surface area contributed by atoms with Gasteiger partial charge < -0.3 is 24.8 Å². The summed E-state index contributed by atoms with van der Waals surface area (Å²) in [6, 6.07) is 8.39. The first kappa shape index (κ1) is 24.6. The Kier molecular flexibility index (Phi) is 6.83. The van der Waals surface area contributed by atoms with Gasteiger partial charge in [-0.15, -0.1) is 0 Å². The zero-order valence-corrected chi connectivity index (χ0v) is 20.1. The van der Waals surface area contributed by atoms with E-state index in [2.05, 4.69) is 20.3 Å². The maximum Gasteiger partial charge on any atom is 0.332 e. The highest BCUT2D eigenvalue weighted by Crippen LogP contribution is 2.38. The number of anilines is 3. The van der Waals surface area contributed by atoms with Crippen molar-refractivity contribution in [2.45, 2.75) is 0 Å². The molecule has 0 aliphatic rings. The van der Waals surface area contributed by atoms with Crippen LogP contribution in [0.5, 0.6) is 5.75 Å². The molecule has 0 aliphatic heterocycles. The molecule has 13 heteroatoms. The molecule has 0 spiro atoms. The Bertz CT molecular complexity index is 1480. The third-order valence-corrected chi connectivity index (χ3v) is 5.55. The van der Waals surface area contributed by atoms with Crippen LogP contribution in [0.1, 0.15) is 0 Å². The summed E-state index contributed by atoms with van der Waals surface area (Å²) in [4.78, 5) is 38.9. The van der Waals surface area contributed by atoms with Gasteiger partial charge in [0.1, 0.15) is 23.1 Å². The number of halogens is 1. The lowest BCUT2D eigenvalue weighted by atomic mass is 10.2. The van der Waals surface area contributed by atoms with Crippen LogP contribution in [0, 0.1) is 15.9 Å². The van der Waals surface area contributed by atoms with Crippen LogP contribution in [-0.4, -0.2) is 70.7 Å². The Hall–Kier alpha value is -4.52. The van der Waals surface area contributed by atoms with Gasteiger partial charge in [-0.1, -0.05) is 0 Å². The molecule has 36 heavy (non-hydrogen) atoms. The average molecular weight is 497 g/mol. The van der Waals surface area contributed by atoms with Gasteiger partial charge in [-0.3, -0.25) is 10.1 Å². The Morgan fingerprint density at radius 1 is 1.19 bits per heavy atom. The van der Waals surface area contributed by atoms with Gasteiger partial charge in [0.25, 0.3) is 5.69 Å². The monoisotopic (exact) mass is 496 g/mol.